The van der Waals surface area contributed by atoms with Gasteiger partial charge in [0.25, 0.3) is 0 Å². The van der Waals surface area contributed by atoms with Gasteiger partial charge in [-0.2, -0.15) is 0 Å². The molecule has 0 radical (unpaired) electrons. The van der Waals surface area contributed by atoms with Gasteiger partial charge in [-0.15, -0.1) is 0 Å². The van der Waals surface area contributed by atoms with Crippen LogP contribution in [0.3, 0.4) is 0 Å². The van der Waals surface area contributed by atoms with Crippen molar-refractivity contribution in [3.63, 3.8) is 0 Å². The fraction of sp³-hybridized carbons (Fsp3) is 0.0833. The summed E-state index contributed by atoms with van der Waals surface area (Å²) in [6.07, 6.45) is 0. The van der Waals surface area contributed by atoms with Gasteiger partial charge in [0, 0.05) is 66.5 Å². The van der Waals surface area contributed by atoms with E-state index in [4.69, 9.17) is 18.9 Å². The van der Waals surface area contributed by atoms with Crippen molar-refractivity contribution in [3.05, 3.63) is 212 Å². The lowest BCUT2D eigenvalue weighted by molar-refractivity contribution is 0.414. The molecule has 4 aromatic heterocycles. The van der Waals surface area contributed by atoms with Gasteiger partial charge < -0.3 is 38.9 Å². The summed E-state index contributed by atoms with van der Waals surface area (Å²) in [6.45, 7) is 0. The van der Waals surface area contributed by atoms with E-state index < -0.39 is 0 Å². The van der Waals surface area contributed by atoms with Crippen LogP contribution in [0.15, 0.2) is 146 Å². The van der Waals surface area contributed by atoms with Gasteiger partial charge in [-0.05, 0) is 119 Å². The Labute approximate surface area is 323 Å². The minimum Gasteiger partial charge on any atom is -0.497 e. The highest BCUT2D eigenvalue weighted by molar-refractivity contribution is 5.85. The molecule has 0 fully saturated rings. The smallest absolute Gasteiger partial charge is 0.119 e. The lowest BCUT2D eigenvalue weighted by Crippen LogP contribution is -2.19. The number of rotatable bonds is 8. The molecule has 0 spiro atoms. The number of methoxy groups -OCH3 is 4. The first kappa shape index (κ1) is 34.4. The van der Waals surface area contributed by atoms with Gasteiger partial charge in [0.15, 0.2) is 0 Å². The van der Waals surface area contributed by atoms with Crippen molar-refractivity contribution in [2.75, 3.05) is 28.4 Å². The van der Waals surface area contributed by atoms with Gasteiger partial charge in [0.2, 0.25) is 0 Å². The third-order valence-corrected chi connectivity index (χ3v) is 10.3. The van der Waals surface area contributed by atoms with Crippen LogP contribution in [0.4, 0.5) is 0 Å². The molecule has 9 rings (SSSR count). The summed E-state index contributed by atoms with van der Waals surface area (Å²) in [5, 5.41) is 3.76. The van der Waals surface area contributed by atoms with Gasteiger partial charge >= 0.3 is 0 Å². The van der Waals surface area contributed by atoms with Gasteiger partial charge in [0.05, 0.1) is 28.4 Å². The number of ether oxygens (including phenoxy) is 4. The first-order valence-electron chi connectivity index (χ1n) is 18.4. The van der Waals surface area contributed by atoms with Crippen molar-refractivity contribution in [1.29, 1.82) is 0 Å². The quantitative estimate of drug-likeness (QED) is 0.147. The molecule has 1 aliphatic rings. The predicted octanol–water partition coefficient (Wildman–Crippen LogP) is 6.34. The summed E-state index contributed by atoms with van der Waals surface area (Å²) in [5.74, 6) is 3.09. The van der Waals surface area contributed by atoms with E-state index >= 15 is 0 Å². The first-order chi connectivity index (χ1) is 27.5. The molecule has 276 valence electrons. The molecule has 56 heavy (non-hydrogen) atoms. The summed E-state index contributed by atoms with van der Waals surface area (Å²) in [5.41, 5.74) is 11.7. The highest BCUT2D eigenvalue weighted by Crippen LogP contribution is 2.31. The second-order valence-electron chi connectivity index (χ2n) is 13.6. The van der Waals surface area contributed by atoms with E-state index in [9.17, 15) is 0 Å². The summed E-state index contributed by atoms with van der Waals surface area (Å²) >= 11 is 0. The van der Waals surface area contributed by atoms with Gasteiger partial charge in [-0.1, -0.05) is 48.5 Å². The zero-order chi connectivity index (χ0) is 38.2. The minimum absolute atomic E-state index is 0.772. The topological polar surface area (TPSA) is 100 Å². The molecule has 0 amide bonds. The Morgan fingerprint density at radius 3 is 0.768 bits per heavy atom. The Morgan fingerprint density at radius 2 is 0.536 bits per heavy atom. The lowest BCUT2D eigenvalue weighted by Gasteiger charge is -2.11. The fourth-order valence-electron chi connectivity index (χ4n) is 7.69. The maximum atomic E-state index is 5.71. The molecule has 8 nitrogen and oxygen atoms in total. The van der Waals surface area contributed by atoms with Crippen LogP contribution in [0.5, 0.6) is 23.0 Å². The number of hydrogen-bond donors (Lipinski definition) is 4. The number of aromatic amines is 4. The Hall–Kier alpha value is -7.32. The van der Waals surface area contributed by atoms with Gasteiger partial charge in [-0.25, -0.2) is 0 Å². The number of benzene rings is 4. The van der Waals surface area contributed by atoms with E-state index in [1.807, 2.05) is 48.5 Å². The average molecular weight is 737 g/mol. The van der Waals surface area contributed by atoms with E-state index in [1.54, 1.807) is 28.4 Å². The highest BCUT2D eigenvalue weighted by atomic mass is 16.5. The van der Waals surface area contributed by atoms with Crippen LogP contribution in [0.1, 0.15) is 45.0 Å². The molecule has 4 aromatic carbocycles. The largest absolute Gasteiger partial charge is 0.497 e. The average Bonchev–Trinajstić information content (AvgIpc) is 4.09. The van der Waals surface area contributed by atoms with E-state index in [0.717, 1.165) is 112 Å². The number of aromatic nitrogens is 4. The molecule has 4 N–H and O–H groups in total. The third kappa shape index (κ3) is 6.27. The normalized spacial score (nSPS) is 16.4. The van der Waals surface area contributed by atoms with Gasteiger partial charge in [-0.3, -0.25) is 0 Å². The molecule has 0 unspecified atom stereocenters. The second-order valence-corrected chi connectivity index (χ2v) is 13.6. The molecule has 8 aromatic rings. The van der Waals surface area contributed by atoms with E-state index in [-0.39, 0.29) is 0 Å². The first-order valence-corrected chi connectivity index (χ1v) is 18.4. The van der Waals surface area contributed by atoms with E-state index in [2.05, 4.69) is 117 Å². The van der Waals surface area contributed by atoms with E-state index in [0.29, 0.717) is 0 Å². The van der Waals surface area contributed by atoms with Crippen LogP contribution >= 0.6 is 0 Å². The zero-order valence-corrected chi connectivity index (χ0v) is 31.5. The van der Waals surface area contributed by atoms with Crippen molar-refractivity contribution in [2.24, 2.45) is 0 Å². The minimum atomic E-state index is 0.772. The van der Waals surface area contributed by atoms with Crippen LogP contribution in [-0.4, -0.2) is 48.4 Å². The molecule has 0 saturated heterocycles. The molecule has 8 bridgehead atoms. The Balaban J connectivity index is 1.43. The summed E-state index contributed by atoms with van der Waals surface area (Å²) in [6, 6.07) is 49.8. The molecule has 0 atom stereocenters. The number of hydrogen-bond acceptors (Lipinski definition) is 4. The van der Waals surface area contributed by atoms with Crippen LogP contribution in [0, 0.1) is 0 Å². The lowest BCUT2D eigenvalue weighted by atomic mass is 10.0. The van der Waals surface area contributed by atoms with Crippen molar-refractivity contribution in [3.8, 4) is 23.0 Å². The van der Waals surface area contributed by atoms with Crippen molar-refractivity contribution < 1.29 is 18.9 Å². The summed E-state index contributed by atoms with van der Waals surface area (Å²) in [4.78, 5) is 15.3. The fourth-order valence-corrected chi connectivity index (χ4v) is 7.69. The van der Waals surface area contributed by atoms with Crippen molar-refractivity contribution in [1.82, 2.24) is 19.9 Å². The molecule has 0 saturated carbocycles. The third-order valence-electron chi connectivity index (χ3n) is 10.3. The van der Waals surface area contributed by atoms with Crippen molar-refractivity contribution in [2.45, 2.75) is 0 Å². The Kier molecular flexibility index (Phi) is 8.91. The maximum absolute atomic E-state index is 5.71. The van der Waals surface area contributed by atoms with Crippen LogP contribution in [0.25, 0.3) is 22.3 Å². The standard InChI is InChI=1S/C48H40N4O4/c1-53-33-13-5-9-29(25-33)45-37-17-19-39(49-37)46(30-10-6-14-34(26-30)54-2)41-21-23-43(51-41)48(32-12-8-16-36(28-32)56-4)44-24-22-42(52-44)47(40-20-18-38(45)50-40)31-11-7-15-35(27-31)55-3/h5-28,49-52H,1-4H3/b45-37-,45-38?,46-39-,46-41?,47-40?,47-42-,48-43?,48-44-. The monoisotopic (exact) mass is 736 g/mol. The molecule has 1 aliphatic heterocycles. The van der Waals surface area contributed by atoms with Crippen LogP contribution in [0.2, 0.25) is 0 Å². The zero-order valence-electron chi connectivity index (χ0n) is 31.5. The van der Waals surface area contributed by atoms with Crippen LogP contribution in [-0.2, 0) is 0 Å². The van der Waals surface area contributed by atoms with Crippen molar-refractivity contribution >= 4 is 22.3 Å². The van der Waals surface area contributed by atoms with Gasteiger partial charge in [0.1, 0.15) is 23.0 Å². The number of nitrogens with one attached hydrogen (secondary N) is 4. The van der Waals surface area contributed by atoms with E-state index in [1.165, 1.54) is 0 Å². The highest BCUT2D eigenvalue weighted by Gasteiger charge is 2.19. The summed E-state index contributed by atoms with van der Waals surface area (Å²) < 4.78 is 22.8. The summed E-state index contributed by atoms with van der Waals surface area (Å²) in [7, 11) is 6.78. The SMILES string of the molecule is COc1cccc(/C2=c3\cc/c([nH]3)=C(\c3cccc(OC)c3)c3ccc([nH]3)/C(c3cccc(OC)c3)=c3/cc/c([nH]3)=C(\c3cccc(OC)c3)c3ccc2[nH]3)c1. The van der Waals surface area contributed by atoms with Crippen LogP contribution < -0.4 is 40.3 Å². The number of fused-ring (bicyclic) bond motifs is 8. The predicted molar refractivity (Wildman–Crippen MR) is 220 cm³/mol. The molecular formula is C48H40N4O4. The number of H-pyrrole nitrogens is 4. The molecular weight excluding hydrogens is 697 g/mol. The molecule has 8 heteroatoms. The maximum Gasteiger partial charge on any atom is 0.119 e. The Bertz CT molecular complexity index is 2600. The Morgan fingerprint density at radius 1 is 0.286 bits per heavy atom. The second kappa shape index (κ2) is 14.5. The molecule has 0 aliphatic carbocycles. The molecule has 5 heterocycles.